The van der Waals surface area contributed by atoms with Gasteiger partial charge in [0.1, 0.15) is 5.82 Å². The van der Waals surface area contributed by atoms with Crippen LogP contribution in [0.15, 0.2) is 0 Å². The molecule has 1 aliphatic carbocycles. The highest BCUT2D eigenvalue weighted by Crippen LogP contribution is 2.29. The molecule has 0 aromatic carbocycles. The minimum atomic E-state index is 0.974. The number of aromatic nitrogens is 2. The quantitative estimate of drug-likeness (QED) is 0.861. The van der Waals surface area contributed by atoms with Gasteiger partial charge in [0, 0.05) is 38.2 Å². The van der Waals surface area contributed by atoms with E-state index in [9.17, 15) is 0 Å². The van der Waals surface area contributed by atoms with E-state index in [1.165, 1.54) is 68.7 Å². The van der Waals surface area contributed by atoms with Crippen LogP contribution in [-0.4, -0.2) is 16.1 Å². The monoisotopic (exact) mass is 275 g/mol. The molecule has 1 saturated carbocycles. The molecule has 1 N–H and O–H groups in total. The predicted octanol–water partition coefficient (Wildman–Crippen LogP) is 3.45. The fourth-order valence-electron chi connectivity index (χ4n) is 3.94. The van der Waals surface area contributed by atoms with E-state index >= 15 is 0 Å². The molecule has 1 aromatic heterocycles. The maximum atomic E-state index is 4.89. The normalized spacial score (nSPS) is 19.4. The molecule has 1 fully saturated rings. The van der Waals surface area contributed by atoms with Crippen LogP contribution < -0.4 is 5.32 Å². The maximum absolute atomic E-state index is 4.89. The van der Waals surface area contributed by atoms with Crippen molar-refractivity contribution in [2.75, 3.05) is 6.54 Å². The van der Waals surface area contributed by atoms with Crippen molar-refractivity contribution in [3.63, 3.8) is 0 Å². The molecular formula is C17H29N3. The van der Waals surface area contributed by atoms with E-state index in [0.717, 1.165) is 31.8 Å². The highest BCUT2D eigenvalue weighted by Gasteiger charge is 2.20. The number of rotatable bonds is 6. The molecule has 3 nitrogen and oxygen atoms in total. The van der Waals surface area contributed by atoms with Gasteiger partial charge in [-0.05, 0) is 25.2 Å². The molecule has 0 amide bonds. The number of nitrogens with zero attached hydrogens (tertiary/aromatic N) is 2. The zero-order valence-corrected chi connectivity index (χ0v) is 13.0. The summed E-state index contributed by atoms with van der Waals surface area (Å²) < 4.78 is 2.56. The van der Waals surface area contributed by atoms with Crippen LogP contribution in [0.25, 0.3) is 0 Å². The average Bonchev–Trinajstić information content (AvgIpc) is 3.08. The Hall–Kier alpha value is -0.830. The SMILES string of the molecule is CCCc1nc2c(n1CCCC1CCCC1)CCNC2. The smallest absolute Gasteiger partial charge is 0.109 e. The van der Waals surface area contributed by atoms with E-state index in [0.29, 0.717) is 0 Å². The number of hydrogen-bond acceptors (Lipinski definition) is 2. The van der Waals surface area contributed by atoms with Gasteiger partial charge in [0.25, 0.3) is 0 Å². The summed E-state index contributed by atoms with van der Waals surface area (Å²) in [5, 5.41) is 3.45. The van der Waals surface area contributed by atoms with E-state index in [-0.39, 0.29) is 0 Å². The highest BCUT2D eigenvalue weighted by atomic mass is 15.1. The third kappa shape index (κ3) is 3.08. The molecule has 20 heavy (non-hydrogen) atoms. The fourth-order valence-corrected chi connectivity index (χ4v) is 3.94. The Labute approximate surface area is 123 Å². The van der Waals surface area contributed by atoms with Gasteiger partial charge in [-0.2, -0.15) is 0 Å². The Morgan fingerprint density at radius 3 is 2.95 bits per heavy atom. The number of fused-ring (bicyclic) bond motifs is 1. The lowest BCUT2D eigenvalue weighted by Gasteiger charge is -2.17. The largest absolute Gasteiger partial charge is 0.332 e. The van der Waals surface area contributed by atoms with Crippen molar-refractivity contribution in [1.82, 2.24) is 14.9 Å². The van der Waals surface area contributed by atoms with Crippen LogP contribution in [0.5, 0.6) is 0 Å². The van der Waals surface area contributed by atoms with E-state index in [1.54, 1.807) is 0 Å². The van der Waals surface area contributed by atoms with Crippen molar-refractivity contribution in [3.8, 4) is 0 Å². The summed E-state index contributed by atoms with van der Waals surface area (Å²) in [6.45, 7) is 5.55. The summed E-state index contributed by atoms with van der Waals surface area (Å²) in [5.74, 6) is 2.36. The first-order valence-electron chi connectivity index (χ1n) is 8.66. The highest BCUT2D eigenvalue weighted by molar-refractivity contribution is 5.20. The van der Waals surface area contributed by atoms with E-state index < -0.39 is 0 Å². The molecule has 0 radical (unpaired) electrons. The number of nitrogens with one attached hydrogen (secondary N) is 1. The summed E-state index contributed by atoms with van der Waals surface area (Å²) in [7, 11) is 0. The predicted molar refractivity (Wildman–Crippen MR) is 82.8 cm³/mol. The van der Waals surface area contributed by atoms with Crippen LogP contribution in [0.2, 0.25) is 0 Å². The standard InChI is InChI=1S/C17H29N3/c1-2-6-17-19-15-13-18-11-10-16(15)20(17)12-5-9-14-7-3-4-8-14/h14,18H,2-13H2,1H3. The van der Waals surface area contributed by atoms with Crippen molar-refractivity contribution in [2.45, 2.75) is 77.8 Å². The van der Waals surface area contributed by atoms with Crippen LogP contribution in [0.4, 0.5) is 0 Å². The molecule has 2 heterocycles. The number of imidazole rings is 1. The van der Waals surface area contributed by atoms with Crippen LogP contribution in [-0.2, 0) is 25.9 Å². The van der Waals surface area contributed by atoms with Gasteiger partial charge in [0.05, 0.1) is 5.69 Å². The Morgan fingerprint density at radius 1 is 1.30 bits per heavy atom. The first-order chi connectivity index (χ1) is 9.88. The lowest BCUT2D eigenvalue weighted by atomic mass is 10.0. The van der Waals surface area contributed by atoms with Crippen molar-refractivity contribution >= 4 is 0 Å². The molecule has 1 aliphatic heterocycles. The van der Waals surface area contributed by atoms with Crippen LogP contribution in [0.3, 0.4) is 0 Å². The van der Waals surface area contributed by atoms with Crippen molar-refractivity contribution < 1.29 is 0 Å². The summed E-state index contributed by atoms with van der Waals surface area (Å²) in [5.41, 5.74) is 2.85. The van der Waals surface area contributed by atoms with Crippen LogP contribution >= 0.6 is 0 Å². The van der Waals surface area contributed by atoms with Gasteiger partial charge in [-0.3, -0.25) is 0 Å². The topological polar surface area (TPSA) is 29.9 Å². The van der Waals surface area contributed by atoms with Gasteiger partial charge in [0.15, 0.2) is 0 Å². The third-order valence-corrected chi connectivity index (χ3v) is 5.01. The molecule has 3 rings (SSSR count). The minimum absolute atomic E-state index is 0.974. The fraction of sp³-hybridized carbons (Fsp3) is 0.824. The van der Waals surface area contributed by atoms with Gasteiger partial charge >= 0.3 is 0 Å². The summed E-state index contributed by atoms with van der Waals surface area (Å²) in [6, 6.07) is 0. The molecular weight excluding hydrogens is 246 g/mol. The van der Waals surface area contributed by atoms with Gasteiger partial charge in [-0.1, -0.05) is 32.6 Å². The molecule has 2 aliphatic rings. The van der Waals surface area contributed by atoms with Crippen molar-refractivity contribution in [1.29, 1.82) is 0 Å². The number of aryl methyl sites for hydroxylation is 1. The summed E-state index contributed by atoms with van der Waals surface area (Å²) >= 11 is 0. The van der Waals surface area contributed by atoms with Gasteiger partial charge in [0.2, 0.25) is 0 Å². The lowest BCUT2D eigenvalue weighted by molar-refractivity contribution is 0.448. The number of hydrogen-bond donors (Lipinski definition) is 1. The second-order valence-corrected chi connectivity index (χ2v) is 6.54. The molecule has 0 unspecified atom stereocenters. The first-order valence-corrected chi connectivity index (χ1v) is 8.66. The lowest BCUT2D eigenvalue weighted by Crippen LogP contribution is -2.25. The zero-order chi connectivity index (χ0) is 13.8. The minimum Gasteiger partial charge on any atom is -0.332 e. The molecule has 0 saturated heterocycles. The Morgan fingerprint density at radius 2 is 2.15 bits per heavy atom. The third-order valence-electron chi connectivity index (χ3n) is 5.01. The van der Waals surface area contributed by atoms with E-state index in [1.807, 2.05) is 0 Å². The van der Waals surface area contributed by atoms with Crippen molar-refractivity contribution in [2.24, 2.45) is 5.92 Å². The van der Waals surface area contributed by atoms with Crippen LogP contribution in [0.1, 0.15) is 69.1 Å². The molecule has 0 atom stereocenters. The maximum Gasteiger partial charge on any atom is 0.109 e. The van der Waals surface area contributed by atoms with Gasteiger partial charge < -0.3 is 9.88 Å². The van der Waals surface area contributed by atoms with Crippen molar-refractivity contribution in [3.05, 3.63) is 17.2 Å². The molecule has 3 heteroatoms. The van der Waals surface area contributed by atoms with Crippen LogP contribution in [0, 0.1) is 5.92 Å². The molecule has 0 bridgehead atoms. The van der Waals surface area contributed by atoms with E-state index in [4.69, 9.17) is 4.98 Å². The Balaban J connectivity index is 1.64. The Kier molecular flexibility index (Phi) is 4.77. The summed E-state index contributed by atoms with van der Waals surface area (Å²) in [6.07, 6.45) is 12.2. The summed E-state index contributed by atoms with van der Waals surface area (Å²) in [4.78, 5) is 4.89. The van der Waals surface area contributed by atoms with E-state index in [2.05, 4.69) is 16.8 Å². The Bertz CT molecular complexity index is 430. The molecule has 112 valence electrons. The molecule has 1 aromatic rings. The molecule has 0 spiro atoms. The van der Waals surface area contributed by atoms with Gasteiger partial charge in [-0.15, -0.1) is 0 Å². The van der Waals surface area contributed by atoms with Gasteiger partial charge in [-0.25, -0.2) is 4.98 Å². The average molecular weight is 275 g/mol. The zero-order valence-electron chi connectivity index (χ0n) is 13.0. The second kappa shape index (κ2) is 6.75. The second-order valence-electron chi connectivity index (χ2n) is 6.54. The first kappa shape index (κ1) is 14.1.